The summed E-state index contributed by atoms with van der Waals surface area (Å²) in [7, 11) is 1.69. The van der Waals surface area contributed by atoms with Gasteiger partial charge in [-0.15, -0.1) is 34.9 Å². The Bertz CT molecular complexity index is 1030. The van der Waals surface area contributed by atoms with Gasteiger partial charge >= 0.3 is 0 Å². The SMILES string of the molecule is COc1ccc(C2=NCC(CSc3ncnc4sc5c(c34)CCCC5)S2)cc1. The van der Waals surface area contributed by atoms with Crippen molar-refractivity contribution in [3.05, 3.63) is 46.6 Å². The molecule has 0 bridgehead atoms. The van der Waals surface area contributed by atoms with Crippen molar-refractivity contribution in [3.63, 3.8) is 0 Å². The van der Waals surface area contributed by atoms with Crippen LogP contribution in [0.3, 0.4) is 0 Å². The second-order valence-electron chi connectivity index (χ2n) is 7.00. The van der Waals surface area contributed by atoms with Crippen molar-refractivity contribution in [2.75, 3.05) is 19.4 Å². The molecular weight excluding hydrogens is 406 g/mol. The van der Waals surface area contributed by atoms with E-state index in [1.54, 1.807) is 13.4 Å². The highest BCUT2D eigenvalue weighted by atomic mass is 32.2. The largest absolute Gasteiger partial charge is 0.497 e. The van der Waals surface area contributed by atoms with Crippen LogP contribution in [0.4, 0.5) is 0 Å². The van der Waals surface area contributed by atoms with E-state index in [2.05, 4.69) is 22.1 Å². The van der Waals surface area contributed by atoms with Crippen LogP contribution in [0.25, 0.3) is 10.2 Å². The summed E-state index contributed by atoms with van der Waals surface area (Å²) in [5.74, 6) is 1.90. The zero-order valence-corrected chi connectivity index (χ0v) is 18.1. The first kappa shape index (κ1) is 18.5. The Morgan fingerprint density at radius 2 is 2.00 bits per heavy atom. The monoisotopic (exact) mass is 427 g/mol. The number of nitrogens with zero attached hydrogens (tertiary/aromatic N) is 3. The second kappa shape index (κ2) is 8.05. The molecule has 0 N–H and O–H groups in total. The van der Waals surface area contributed by atoms with Gasteiger partial charge in [0, 0.05) is 26.8 Å². The maximum absolute atomic E-state index is 5.25. The minimum absolute atomic E-state index is 0.488. The van der Waals surface area contributed by atoms with Crippen LogP contribution in [-0.4, -0.2) is 39.7 Å². The lowest BCUT2D eigenvalue weighted by Crippen LogP contribution is -2.07. The molecule has 0 fully saturated rings. The van der Waals surface area contributed by atoms with E-state index >= 15 is 0 Å². The number of thiophene rings is 1. The third kappa shape index (κ3) is 3.55. The molecule has 1 unspecified atom stereocenters. The number of benzene rings is 1. The highest BCUT2D eigenvalue weighted by Gasteiger charge is 2.24. The van der Waals surface area contributed by atoms with Crippen LogP contribution in [0.1, 0.15) is 28.8 Å². The number of aromatic nitrogens is 2. The lowest BCUT2D eigenvalue weighted by molar-refractivity contribution is 0.415. The maximum Gasteiger partial charge on any atom is 0.128 e. The van der Waals surface area contributed by atoms with E-state index in [0.29, 0.717) is 5.25 Å². The third-order valence-corrected chi connectivity index (χ3v) is 8.98. The van der Waals surface area contributed by atoms with Gasteiger partial charge in [-0.2, -0.15) is 0 Å². The average molecular weight is 428 g/mol. The molecule has 0 saturated carbocycles. The Hall–Kier alpha value is -1.57. The standard InChI is InChI=1S/C21H21N3OS3/c1-25-14-8-6-13(7-9-14)19-22-10-15(27-19)11-26-20-18-16-4-2-3-5-17(16)28-21(18)24-12-23-20/h6-9,12,15H,2-5,10-11H2,1H3. The molecule has 7 heteroatoms. The molecule has 144 valence electrons. The van der Waals surface area contributed by atoms with Gasteiger partial charge in [0.05, 0.1) is 18.7 Å². The van der Waals surface area contributed by atoms with Gasteiger partial charge < -0.3 is 4.74 Å². The minimum atomic E-state index is 0.488. The summed E-state index contributed by atoms with van der Waals surface area (Å²) >= 11 is 5.62. The smallest absolute Gasteiger partial charge is 0.128 e. The zero-order valence-electron chi connectivity index (χ0n) is 15.7. The summed E-state index contributed by atoms with van der Waals surface area (Å²) in [4.78, 5) is 16.7. The molecule has 2 aliphatic rings. The van der Waals surface area contributed by atoms with Gasteiger partial charge in [0.1, 0.15) is 21.9 Å². The van der Waals surface area contributed by atoms with Crippen molar-refractivity contribution in [1.82, 2.24) is 9.97 Å². The molecule has 5 rings (SSSR count). The van der Waals surface area contributed by atoms with E-state index in [1.807, 2.05) is 47.0 Å². The number of rotatable bonds is 5. The lowest BCUT2D eigenvalue weighted by atomic mass is 9.97. The van der Waals surface area contributed by atoms with Crippen LogP contribution >= 0.6 is 34.9 Å². The predicted molar refractivity (Wildman–Crippen MR) is 121 cm³/mol. The average Bonchev–Trinajstić information content (AvgIpc) is 3.37. The van der Waals surface area contributed by atoms with E-state index in [-0.39, 0.29) is 0 Å². The fraction of sp³-hybridized carbons (Fsp3) is 0.381. The van der Waals surface area contributed by atoms with Gasteiger partial charge in [-0.3, -0.25) is 4.99 Å². The fourth-order valence-corrected chi connectivity index (χ4v) is 7.33. The quantitative estimate of drug-likeness (QED) is 0.412. The summed E-state index contributed by atoms with van der Waals surface area (Å²) in [6.45, 7) is 0.870. The normalized spacial score (nSPS) is 18.9. The predicted octanol–water partition coefficient (Wildman–Crippen LogP) is 5.23. The van der Waals surface area contributed by atoms with Gasteiger partial charge in [0.2, 0.25) is 0 Å². The molecule has 1 aromatic carbocycles. The Kier molecular flexibility index (Phi) is 5.30. The summed E-state index contributed by atoms with van der Waals surface area (Å²) in [5.41, 5.74) is 2.69. The van der Waals surface area contributed by atoms with Gasteiger partial charge in [-0.25, -0.2) is 9.97 Å². The van der Waals surface area contributed by atoms with Crippen LogP contribution < -0.4 is 4.74 Å². The molecule has 0 radical (unpaired) electrons. The summed E-state index contributed by atoms with van der Waals surface area (Å²) in [5, 5.41) is 4.10. The number of aliphatic imine (C=N–C) groups is 1. The van der Waals surface area contributed by atoms with E-state index in [0.717, 1.165) is 28.1 Å². The lowest BCUT2D eigenvalue weighted by Gasteiger charge is -2.12. The van der Waals surface area contributed by atoms with Crippen molar-refractivity contribution in [3.8, 4) is 5.75 Å². The fourth-order valence-electron chi connectivity index (χ4n) is 3.74. The second-order valence-corrected chi connectivity index (χ2v) is 10.4. The number of aryl methyl sites for hydroxylation is 2. The summed E-state index contributed by atoms with van der Waals surface area (Å²) in [6.07, 6.45) is 6.71. The number of ether oxygens (including phenoxy) is 1. The van der Waals surface area contributed by atoms with Crippen LogP contribution in [0, 0.1) is 0 Å². The Morgan fingerprint density at radius 3 is 2.86 bits per heavy atom. The topological polar surface area (TPSA) is 47.4 Å². The number of thioether (sulfide) groups is 2. The molecule has 4 nitrogen and oxygen atoms in total. The number of methoxy groups -OCH3 is 1. The van der Waals surface area contributed by atoms with Gasteiger partial charge in [0.15, 0.2) is 0 Å². The van der Waals surface area contributed by atoms with E-state index < -0.39 is 0 Å². The first-order valence-electron chi connectivity index (χ1n) is 9.55. The highest BCUT2D eigenvalue weighted by Crippen LogP contribution is 2.40. The molecule has 0 amide bonds. The summed E-state index contributed by atoms with van der Waals surface area (Å²) < 4.78 is 5.25. The molecule has 0 spiro atoms. The molecule has 1 aliphatic heterocycles. The van der Waals surface area contributed by atoms with Crippen molar-refractivity contribution >= 4 is 50.1 Å². The maximum atomic E-state index is 5.25. The minimum Gasteiger partial charge on any atom is -0.497 e. The van der Waals surface area contributed by atoms with Crippen molar-refractivity contribution in [1.29, 1.82) is 0 Å². The van der Waals surface area contributed by atoms with Crippen molar-refractivity contribution in [2.24, 2.45) is 4.99 Å². The molecule has 1 aliphatic carbocycles. The molecule has 28 heavy (non-hydrogen) atoms. The molecular formula is C21H21N3OS3. The van der Waals surface area contributed by atoms with Crippen LogP contribution in [0.15, 0.2) is 40.6 Å². The van der Waals surface area contributed by atoms with E-state index in [9.17, 15) is 0 Å². The van der Waals surface area contributed by atoms with Crippen LogP contribution in [0.2, 0.25) is 0 Å². The molecule has 2 aromatic heterocycles. The zero-order chi connectivity index (χ0) is 18.9. The summed E-state index contributed by atoms with van der Waals surface area (Å²) in [6, 6.07) is 8.17. The van der Waals surface area contributed by atoms with Gasteiger partial charge in [0.25, 0.3) is 0 Å². The number of hydrogen-bond donors (Lipinski definition) is 0. The van der Waals surface area contributed by atoms with Crippen LogP contribution in [-0.2, 0) is 12.8 Å². The highest BCUT2D eigenvalue weighted by molar-refractivity contribution is 8.16. The third-order valence-electron chi connectivity index (χ3n) is 5.18. The first-order chi connectivity index (χ1) is 13.8. The van der Waals surface area contributed by atoms with Gasteiger partial charge in [-0.05, 0) is 55.5 Å². The van der Waals surface area contributed by atoms with Crippen LogP contribution in [0.5, 0.6) is 5.75 Å². The van der Waals surface area contributed by atoms with Crippen molar-refractivity contribution in [2.45, 2.75) is 36.0 Å². The molecule has 0 saturated heterocycles. The van der Waals surface area contributed by atoms with E-state index in [1.165, 1.54) is 51.9 Å². The first-order valence-corrected chi connectivity index (χ1v) is 12.2. The van der Waals surface area contributed by atoms with Gasteiger partial charge in [-0.1, -0.05) is 0 Å². The molecule has 3 aromatic rings. The molecule has 3 heterocycles. The Morgan fingerprint density at radius 1 is 1.14 bits per heavy atom. The number of fused-ring (bicyclic) bond motifs is 3. The Balaban J connectivity index is 1.28. The molecule has 1 atom stereocenters. The Labute approximate surface area is 177 Å². The van der Waals surface area contributed by atoms with E-state index in [4.69, 9.17) is 9.73 Å². The number of hydrogen-bond acceptors (Lipinski definition) is 7. The van der Waals surface area contributed by atoms with Crippen molar-refractivity contribution < 1.29 is 4.74 Å².